The number of nitrogens with zero attached hydrogens (tertiary/aromatic N) is 4. The number of aromatic nitrogens is 3. The molecule has 0 fully saturated rings. The fourth-order valence-corrected chi connectivity index (χ4v) is 1.79. The molecule has 0 aromatic carbocycles. The molecule has 9 heteroatoms. The summed E-state index contributed by atoms with van der Waals surface area (Å²) in [6, 6.07) is 2.62. The molecule has 0 aliphatic carbocycles. The Bertz CT molecular complexity index is 638. The summed E-state index contributed by atoms with van der Waals surface area (Å²) >= 11 is 0. The second-order valence-electron chi connectivity index (χ2n) is 4.26. The topological polar surface area (TPSA) is 124 Å². The molecule has 0 unspecified atom stereocenters. The van der Waals surface area contributed by atoms with Crippen molar-refractivity contribution in [2.24, 2.45) is 12.9 Å². The Morgan fingerprint density at radius 2 is 2.15 bits per heavy atom. The van der Waals surface area contributed by atoms with Crippen LogP contribution in [-0.4, -0.2) is 19.7 Å². The molecule has 0 aliphatic heterocycles. The van der Waals surface area contributed by atoms with Gasteiger partial charge in [-0.05, 0) is 6.92 Å². The van der Waals surface area contributed by atoms with Crippen LogP contribution in [0.2, 0.25) is 0 Å². The van der Waals surface area contributed by atoms with Crippen LogP contribution < -0.4 is 16.6 Å². The van der Waals surface area contributed by atoms with Crippen LogP contribution in [0.5, 0.6) is 0 Å². The van der Waals surface area contributed by atoms with Crippen LogP contribution in [0, 0.1) is 17.0 Å². The van der Waals surface area contributed by atoms with E-state index in [1.54, 1.807) is 4.68 Å². The lowest BCUT2D eigenvalue weighted by Gasteiger charge is -2.07. The van der Waals surface area contributed by atoms with Gasteiger partial charge in [0.2, 0.25) is 0 Å². The molecule has 0 saturated heterocycles. The van der Waals surface area contributed by atoms with E-state index in [4.69, 9.17) is 5.84 Å². The molecule has 0 aliphatic rings. The molecule has 2 aromatic heterocycles. The van der Waals surface area contributed by atoms with E-state index in [9.17, 15) is 10.1 Å². The number of aryl methyl sites for hydroxylation is 2. The van der Waals surface area contributed by atoms with Gasteiger partial charge in [-0.25, -0.2) is 10.8 Å². The smallest absolute Gasteiger partial charge is 0.276 e. The van der Waals surface area contributed by atoms with Crippen molar-refractivity contribution in [2.75, 3.05) is 10.7 Å². The van der Waals surface area contributed by atoms with Crippen LogP contribution in [0.4, 0.5) is 17.3 Å². The predicted molar refractivity (Wildman–Crippen MR) is 74.0 cm³/mol. The molecule has 106 valence electrons. The number of hydrogen-bond acceptors (Lipinski definition) is 7. The summed E-state index contributed by atoms with van der Waals surface area (Å²) in [5.74, 6) is 5.84. The maximum Gasteiger partial charge on any atom is 0.276 e. The minimum Gasteiger partial charge on any atom is -0.366 e. The molecule has 20 heavy (non-hydrogen) atoms. The van der Waals surface area contributed by atoms with Gasteiger partial charge in [-0.3, -0.25) is 14.8 Å². The largest absolute Gasteiger partial charge is 0.366 e. The first-order valence-corrected chi connectivity index (χ1v) is 5.85. The van der Waals surface area contributed by atoms with Gasteiger partial charge in [0.1, 0.15) is 11.6 Å². The Hall–Kier alpha value is -2.68. The molecule has 0 bridgehead atoms. The van der Waals surface area contributed by atoms with Gasteiger partial charge in [-0.15, -0.1) is 0 Å². The minimum atomic E-state index is -0.497. The van der Waals surface area contributed by atoms with E-state index in [0.717, 1.165) is 11.3 Å². The van der Waals surface area contributed by atoms with Crippen LogP contribution in [0.3, 0.4) is 0 Å². The van der Waals surface area contributed by atoms with Crippen molar-refractivity contribution < 1.29 is 4.92 Å². The molecule has 2 rings (SSSR count). The minimum absolute atomic E-state index is 0.0849. The Kier molecular flexibility index (Phi) is 3.80. The first-order valence-electron chi connectivity index (χ1n) is 5.85. The highest BCUT2D eigenvalue weighted by Gasteiger charge is 2.11. The van der Waals surface area contributed by atoms with Gasteiger partial charge in [-0.1, -0.05) is 0 Å². The van der Waals surface area contributed by atoms with E-state index in [0.29, 0.717) is 12.4 Å². The fourth-order valence-electron chi connectivity index (χ4n) is 1.79. The molecule has 0 radical (unpaired) electrons. The van der Waals surface area contributed by atoms with Gasteiger partial charge in [0.25, 0.3) is 5.69 Å². The number of nitrogens with one attached hydrogen (secondary N) is 2. The van der Waals surface area contributed by atoms with Crippen LogP contribution in [-0.2, 0) is 13.6 Å². The number of anilines is 2. The van der Waals surface area contributed by atoms with Gasteiger partial charge in [0.15, 0.2) is 0 Å². The third-order valence-electron chi connectivity index (χ3n) is 2.74. The second kappa shape index (κ2) is 5.53. The standard InChI is InChI=1S/C11H15N7O2/c1-7-8(6-17(2)16-7)5-13-10-3-9(18(19)20)4-11(14-10)15-12/h3-4,6H,5,12H2,1-2H3,(H2,13,14,15). The molecular weight excluding hydrogens is 262 g/mol. The molecule has 0 spiro atoms. The van der Waals surface area contributed by atoms with Crippen molar-refractivity contribution >= 4 is 17.3 Å². The summed E-state index contributed by atoms with van der Waals surface area (Å²) in [5.41, 5.74) is 4.10. The Balaban J connectivity index is 2.18. The molecule has 0 atom stereocenters. The maximum atomic E-state index is 10.8. The normalized spacial score (nSPS) is 10.3. The zero-order chi connectivity index (χ0) is 14.7. The lowest BCUT2D eigenvalue weighted by Crippen LogP contribution is -2.11. The van der Waals surface area contributed by atoms with Gasteiger partial charge >= 0.3 is 0 Å². The highest BCUT2D eigenvalue weighted by Crippen LogP contribution is 2.20. The Labute approximate surface area is 114 Å². The van der Waals surface area contributed by atoms with E-state index in [-0.39, 0.29) is 11.5 Å². The van der Waals surface area contributed by atoms with Crippen LogP contribution in [0.25, 0.3) is 0 Å². The van der Waals surface area contributed by atoms with Crippen molar-refractivity contribution in [3.8, 4) is 0 Å². The van der Waals surface area contributed by atoms with E-state index >= 15 is 0 Å². The third-order valence-corrected chi connectivity index (χ3v) is 2.74. The van der Waals surface area contributed by atoms with Crippen molar-refractivity contribution in [1.29, 1.82) is 0 Å². The zero-order valence-corrected chi connectivity index (χ0v) is 11.1. The SMILES string of the molecule is Cc1nn(C)cc1CNc1cc([N+](=O)[O-])cc(NN)n1. The number of nitrogens with two attached hydrogens (primary N) is 1. The van der Waals surface area contributed by atoms with Gasteiger partial charge in [0.05, 0.1) is 22.7 Å². The Morgan fingerprint density at radius 3 is 2.70 bits per heavy atom. The molecular formula is C11H15N7O2. The quantitative estimate of drug-likeness (QED) is 0.422. The molecule has 4 N–H and O–H groups in total. The molecule has 2 heterocycles. The molecule has 0 amide bonds. The van der Waals surface area contributed by atoms with Crippen molar-refractivity contribution in [3.05, 3.63) is 39.7 Å². The van der Waals surface area contributed by atoms with E-state index in [1.807, 2.05) is 20.2 Å². The first-order chi connectivity index (χ1) is 9.49. The highest BCUT2D eigenvalue weighted by atomic mass is 16.6. The number of nitrogen functional groups attached to an aromatic ring is 1. The van der Waals surface area contributed by atoms with E-state index < -0.39 is 4.92 Å². The summed E-state index contributed by atoms with van der Waals surface area (Å²) in [7, 11) is 1.83. The van der Waals surface area contributed by atoms with E-state index in [1.165, 1.54) is 12.1 Å². The van der Waals surface area contributed by atoms with Gasteiger partial charge in [-0.2, -0.15) is 5.10 Å². The second-order valence-corrected chi connectivity index (χ2v) is 4.26. The summed E-state index contributed by atoms with van der Waals surface area (Å²) in [5, 5.41) is 18.1. The zero-order valence-electron chi connectivity index (χ0n) is 11.1. The molecule has 9 nitrogen and oxygen atoms in total. The number of hydrogen-bond donors (Lipinski definition) is 3. The monoisotopic (exact) mass is 277 g/mol. The van der Waals surface area contributed by atoms with Crippen molar-refractivity contribution in [3.63, 3.8) is 0 Å². The van der Waals surface area contributed by atoms with Gasteiger partial charge in [0, 0.05) is 25.4 Å². The molecule has 2 aromatic rings. The summed E-state index contributed by atoms with van der Waals surface area (Å²) in [6.07, 6.45) is 1.88. The summed E-state index contributed by atoms with van der Waals surface area (Å²) in [6.45, 7) is 2.36. The highest BCUT2D eigenvalue weighted by molar-refractivity contribution is 5.54. The lowest BCUT2D eigenvalue weighted by molar-refractivity contribution is -0.384. The Morgan fingerprint density at radius 1 is 1.45 bits per heavy atom. The predicted octanol–water partition coefficient (Wildman–Crippen LogP) is 0.929. The first kappa shape index (κ1) is 13.7. The molecule has 0 saturated carbocycles. The summed E-state index contributed by atoms with van der Waals surface area (Å²) in [4.78, 5) is 14.4. The van der Waals surface area contributed by atoms with Gasteiger partial charge < -0.3 is 10.7 Å². The lowest BCUT2D eigenvalue weighted by atomic mass is 10.2. The fraction of sp³-hybridized carbons (Fsp3) is 0.273. The number of rotatable bonds is 5. The summed E-state index contributed by atoms with van der Waals surface area (Å²) < 4.78 is 1.71. The van der Waals surface area contributed by atoms with Crippen LogP contribution in [0.15, 0.2) is 18.3 Å². The average molecular weight is 277 g/mol. The number of hydrazine groups is 1. The van der Waals surface area contributed by atoms with Crippen molar-refractivity contribution in [2.45, 2.75) is 13.5 Å². The third kappa shape index (κ3) is 3.01. The number of pyridine rings is 1. The maximum absolute atomic E-state index is 10.8. The van der Waals surface area contributed by atoms with Crippen molar-refractivity contribution in [1.82, 2.24) is 14.8 Å². The van der Waals surface area contributed by atoms with E-state index in [2.05, 4.69) is 20.8 Å². The van der Waals surface area contributed by atoms with Crippen LogP contribution in [0.1, 0.15) is 11.3 Å². The number of nitro groups is 1. The van der Waals surface area contributed by atoms with Crippen LogP contribution >= 0.6 is 0 Å². The average Bonchev–Trinajstić information content (AvgIpc) is 2.74.